The van der Waals surface area contributed by atoms with E-state index in [2.05, 4.69) is 12.2 Å². The molecule has 20 heavy (non-hydrogen) atoms. The molecule has 1 fully saturated rings. The topological polar surface area (TPSA) is 21.3 Å². The third kappa shape index (κ3) is 3.94. The van der Waals surface area contributed by atoms with Crippen LogP contribution in [0.5, 0.6) is 0 Å². The Labute approximate surface area is 125 Å². The lowest BCUT2D eigenvalue weighted by molar-refractivity contribution is 0.0194. The van der Waals surface area contributed by atoms with Crippen molar-refractivity contribution in [1.82, 2.24) is 5.32 Å². The summed E-state index contributed by atoms with van der Waals surface area (Å²) in [6, 6.07) is 5.34. The van der Waals surface area contributed by atoms with Gasteiger partial charge in [-0.1, -0.05) is 30.7 Å². The zero-order chi connectivity index (χ0) is 14.5. The summed E-state index contributed by atoms with van der Waals surface area (Å²) >= 11 is 5.86. The molecule has 1 N–H and O–H groups in total. The van der Waals surface area contributed by atoms with E-state index in [0.717, 1.165) is 6.54 Å². The molecule has 1 aliphatic carbocycles. The second-order valence-corrected chi connectivity index (χ2v) is 5.75. The molecule has 2 rings (SSSR count). The highest BCUT2D eigenvalue weighted by Crippen LogP contribution is 2.36. The smallest absolute Gasteiger partial charge is 0.145 e. The van der Waals surface area contributed by atoms with E-state index in [1.54, 1.807) is 12.1 Å². The van der Waals surface area contributed by atoms with Crippen LogP contribution in [0.1, 0.15) is 32.3 Å². The fraction of sp³-hybridized carbons (Fsp3) is 0.625. The summed E-state index contributed by atoms with van der Waals surface area (Å²) < 4.78 is 20.0. The number of halogens is 2. The highest BCUT2D eigenvalue weighted by atomic mass is 35.5. The Bertz CT molecular complexity index is 436. The maximum absolute atomic E-state index is 14.1. The predicted molar refractivity (Wildman–Crippen MR) is 80.7 cm³/mol. The van der Waals surface area contributed by atoms with E-state index in [1.807, 2.05) is 13.0 Å². The van der Waals surface area contributed by atoms with Crippen molar-refractivity contribution >= 4 is 11.6 Å². The number of hydrogen-bond donors (Lipinski definition) is 1. The van der Waals surface area contributed by atoms with Gasteiger partial charge >= 0.3 is 0 Å². The predicted octanol–water partition coefficient (Wildman–Crippen LogP) is 3.81. The van der Waals surface area contributed by atoms with Crippen molar-refractivity contribution in [2.75, 3.05) is 13.2 Å². The number of likely N-dealkylation sites (N-methyl/N-ethyl adjacent to an activating group) is 1. The van der Waals surface area contributed by atoms with Gasteiger partial charge in [-0.2, -0.15) is 0 Å². The van der Waals surface area contributed by atoms with Crippen molar-refractivity contribution in [3.63, 3.8) is 0 Å². The van der Waals surface area contributed by atoms with Crippen molar-refractivity contribution in [2.45, 2.75) is 45.3 Å². The maximum atomic E-state index is 14.1. The molecule has 2 atom stereocenters. The minimum absolute atomic E-state index is 0.139. The zero-order valence-electron chi connectivity index (χ0n) is 12.2. The van der Waals surface area contributed by atoms with E-state index in [-0.39, 0.29) is 23.0 Å². The summed E-state index contributed by atoms with van der Waals surface area (Å²) in [5.41, 5.74) is 0.661. The SMILES string of the molecule is CCNC(Cc1cccc(Cl)c1F)C(OCC)C1CC1. The van der Waals surface area contributed by atoms with E-state index in [0.29, 0.717) is 24.5 Å². The monoisotopic (exact) mass is 299 g/mol. The number of hydrogen-bond acceptors (Lipinski definition) is 2. The van der Waals surface area contributed by atoms with Gasteiger partial charge < -0.3 is 10.1 Å². The van der Waals surface area contributed by atoms with Crippen LogP contribution < -0.4 is 5.32 Å². The van der Waals surface area contributed by atoms with E-state index >= 15 is 0 Å². The minimum atomic E-state index is -0.303. The molecule has 0 amide bonds. The van der Waals surface area contributed by atoms with Crippen LogP contribution in [0.4, 0.5) is 4.39 Å². The molecule has 0 aliphatic heterocycles. The first-order valence-corrected chi connectivity index (χ1v) is 7.83. The molecule has 2 nitrogen and oxygen atoms in total. The van der Waals surface area contributed by atoms with Gasteiger partial charge in [0.1, 0.15) is 5.82 Å². The van der Waals surface area contributed by atoms with Gasteiger partial charge in [0.25, 0.3) is 0 Å². The van der Waals surface area contributed by atoms with E-state index in [4.69, 9.17) is 16.3 Å². The molecule has 0 saturated heterocycles. The molecule has 0 heterocycles. The Morgan fingerprint density at radius 3 is 2.75 bits per heavy atom. The van der Waals surface area contributed by atoms with Gasteiger partial charge in [-0.25, -0.2) is 4.39 Å². The van der Waals surface area contributed by atoms with Gasteiger partial charge in [-0.3, -0.25) is 0 Å². The van der Waals surface area contributed by atoms with Crippen LogP contribution in [-0.2, 0) is 11.2 Å². The van der Waals surface area contributed by atoms with Crippen LogP contribution in [0.3, 0.4) is 0 Å². The van der Waals surface area contributed by atoms with Crippen molar-refractivity contribution in [3.05, 3.63) is 34.6 Å². The first-order valence-electron chi connectivity index (χ1n) is 7.45. The van der Waals surface area contributed by atoms with Gasteiger partial charge in [-0.05, 0) is 50.3 Å². The summed E-state index contributed by atoms with van der Waals surface area (Å²) in [6.45, 7) is 5.62. The highest BCUT2D eigenvalue weighted by Gasteiger charge is 2.37. The lowest BCUT2D eigenvalue weighted by Crippen LogP contribution is -2.44. The van der Waals surface area contributed by atoms with Crippen molar-refractivity contribution in [2.24, 2.45) is 5.92 Å². The lowest BCUT2D eigenvalue weighted by atomic mass is 9.97. The Morgan fingerprint density at radius 2 is 2.15 bits per heavy atom. The van der Waals surface area contributed by atoms with Crippen LogP contribution >= 0.6 is 11.6 Å². The van der Waals surface area contributed by atoms with Crippen LogP contribution in [0.25, 0.3) is 0 Å². The maximum Gasteiger partial charge on any atom is 0.145 e. The third-order valence-electron chi connectivity index (χ3n) is 3.78. The summed E-state index contributed by atoms with van der Waals surface area (Å²) in [4.78, 5) is 0. The molecule has 4 heteroatoms. The number of nitrogens with one attached hydrogen (secondary N) is 1. The standard InChI is InChI=1S/C16H23ClFNO/c1-3-19-14(16(20-4-2)11-8-9-11)10-12-6-5-7-13(17)15(12)18/h5-7,11,14,16,19H,3-4,8-10H2,1-2H3. The second-order valence-electron chi connectivity index (χ2n) is 5.34. The molecule has 0 bridgehead atoms. The molecule has 1 aromatic rings. The molecule has 0 spiro atoms. The van der Waals surface area contributed by atoms with Crippen LogP contribution in [0.2, 0.25) is 5.02 Å². The fourth-order valence-corrected chi connectivity index (χ4v) is 2.90. The summed E-state index contributed by atoms with van der Waals surface area (Å²) in [5.74, 6) is 0.310. The molecule has 0 radical (unpaired) electrons. The molecule has 1 aromatic carbocycles. The molecule has 2 unspecified atom stereocenters. The van der Waals surface area contributed by atoms with E-state index in [9.17, 15) is 4.39 Å². The quantitative estimate of drug-likeness (QED) is 0.788. The van der Waals surface area contributed by atoms with Gasteiger partial charge in [0.2, 0.25) is 0 Å². The van der Waals surface area contributed by atoms with Crippen molar-refractivity contribution in [1.29, 1.82) is 0 Å². The zero-order valence-corrected chi connectivity index (χ0v) is 12.9. The Balaban J connectivity index is 2.13. The number of rotatable bonds is 8. The Morgan fingerprint density at radius 1 is 1.40 bits per heavy atom. The Hall–Kier alpha value is -0.640. The lowest BCUT2D eigenvalue weighted by Gasteiger charge is -2.28. The fourth-order valence-electron chi connectivity index (χ4n) is 2.71. The van der Waals surface area contributed by atoms with Crippen molar-refractivity contribution < 1.29 is 9.13 Å². The summed E-state index contributed by atoms with van der Waals surface area (Å²) in [6.07, 6.45) is 3.20. The molecular weight excluding hydrogens is 277 g/mol. The van der Waals surface area contributed by atoms with Crippen LogP contribution in [0.15, 0.2) is 18.2 Å². The highest BCUT2D eigenvalue weighted by molar-refractivity contribution is 6.30. The molecule has 0 aromatic heterocycles. The third-order valence-corrected chi connectivity index (χ3v) is 4.07. The molecule has 1 saturated carbocycles. The normalized spacial score (nSPS) is 18.0. The summed E-state index contributed by atoms with van der Waals surface area (Å²) in [7, 11) is 0. The summed E-state index contributed by atoms with van der Waals surface area (Å²) in [5, 5.41) is 3.64. The van der Waals surface area contributed by atoms with E-state index < -0.39 is 0 Å². The minimum Gasteiger partial charge on any atom is -0.377 e. The van der Waals surface area contributed by atoms with Gasteiger partial charge in [-0.15, -0.1) is 0 Å². The largest absolute Gasteiger partial charge is 0.377 e. The van der Waals surface area contributed by atoms with Crippen molar-refractivity contribution in [3.8, 4) is 0 Å². The molecule has 1 aliphatic rings. The first kappa shape index (κ1) is 15.7. The first-order chi connectivity index (χ1) is 9.67. The van der Waals surface area contributed by atoms with Gasteiger partial charge in [0, 0.05) is 12.6 Å². The van der Waals surface area contributed by atoms with Gasteiger partial charge in [0.05, 0.1) is 11.1 Å². The second kappa shape index (κ2) is 7.39. The average Bonchev–Trinajstić information content (AvgIpc) is 3.25. The number of ether oxygens (including phenoxy) is 1. The van der Waals surface area contributed by atoms with Crippen LogP contribution in [0, 0.1) is 11.7 Å². The molecular formula is C16H23ClFNO. The Kier molecular flexibility index (Phi) is 5.82. The van der Waals surface area contributed by atoms with Gasteiger partial charge in [0.15, 0.2) is 0 Å². The average molecular weight is 300 g/mol. The van der Waals surface area contributed by atoms with E-state index in [1.165, 1.54) is 12.8 Å². The number of benzene rings is 1. The molecule has 112 valence electrons. The van der Waals surface area contributed by atoms with Crippen LogP contribution in [-0.4, -0.2) is 25.3 Å².